The smallest absolute Gasteiger partial charge is 0.124 e. The second kappa shape index (κ2) is 6.44. The summed E-state index contributed by atoms with van der Waals surface area (Å²) in [4.78, 5) is 0. The number of methoxy groups -OCH3 is 1. The fourth-order valence-electron chi connectivity index (χ4n) is 1.77. The third kappa shape index (κ3) is 3.31. The van der Waals surface area contributed by atoms with Crippen LogP contribution in [0, 0.1) is 18.3 Å². The predicted molar refractivity (Wildman–Crippen MR) is 80.9 cm³/mol. The minimum absolute atomic E-state index is 0.410. The molecule has 0 aliphatic heterocycles. The van der Waals surface area contributed by atoms with Crippen LogP contribution < -0.4 is 9.47 Å². The maximum absolute atomic E-state index is 8.92. The van der Waals surface area contributed by atoms with Gasteiger partial charge in [-0.15, -0.1) is 0 Å². The molecule has 2 aromatic rings. The van der Waals surface area contributed by atoms with Crippen molar-refractivity contribution in [1.82, 2.24) is 0 Å². The largest absolute Gasteiger partial charge is 0.497 e. The number of aryl methyl sites for hydroxylation is 1. The molecule has 0 bridgehead atoms. The van der Waals surface area contributed by atoms with Crippen LogP contribution in [0.5, 0.6) is 11.5 Å². The highest BCUT2D eigenvalue weighted by molar-refractivity contribution is 9.10. The fraction of sp³-hybridized carbons (Fsp3) is 0.188. The lowest BCUT2D eigenvalue weighted by molar-refractivity contribution is 0.302. The SMILES string of the molecule is COc1ccc(Br)c(COc2cc(C#N)ccc2C)c1. The number of nitrogens with zero attached hydrogens (tertiary/aromatic N) is 1. The molecule has 0 atom stereocenters. The summed E-state index contributed by atoms with van der Waals surface area (Å²) < 4.78 is 12.0. The molecule has 0 spiro atoms. The highest BCUT2D eigenvalue weighted by atomic mass is 79.9. The molecule has 0 fully saturated rings. The van der Waals surface area contributed by atoms with Crippen LogP contribution in [0.4, 0.5) is 0 Å². The van der Waals surface area contributed by atoms with Crippen molar-refractivity contribution in [2.75, 3.05) is 7.11 Å². The Morgan fingerprint density at radius 1 is 1.20 bits per heavy atom. The molecule has 0 amide bonds. The molecule has 0 saturated heterocycles. The second-order valence-corrected chi connectivity index (χ2v) is 5.19. The van der Waals surface area contributed by atoms with Crippen LogP contribution in [0.25, 0.3) is 0 Å². The van der Waals surface area contributed by atoms with E-state index in [2.05, 4.69) is 22.0 Å². The van der Waals surface area contributed by atoms with Gasteiger partial charge in [0.2, 0.25) is 0 Å². The van der Waals surface area contributed by atoms with E-state index < -0.39 is 0 Å². The predicted octanol–water partition coefficient (Wildman–Crippen LogP) is 4.22. The summed E-state index contributed by atoms with van der Waals surface area (Å²) >= 11 is 3.49. The molecule has 0 N–H and O–H groups in total. The van der Waals surface area contributed by atoms with Gasteiger partial charge in [0.05, 0.1) is 18.7 Å². The Morgan fingerprint density at radius 2 is 2.00 bits per heavy atom. The summed E-state index contributed by atoms with van der Waals surface area (Å²) in [5.41, 5.74) is 2.59. The molecule has 0 aromatic heterocycles. The van der Waals surface area contributed by atoms with Crippen LogP contribution in [0.15, 0.2) is 40.9 Å². The van der Waals surface area contributed by atoms with Crippen LogP contribution in [-0.2, 0) is 6.61 Å². The lowest BCUT2D eigenvalue weighted by Gasteiger charge is -2.11. The van der Waals surface area contributed by atoms with Gasteiger partial charge in [0.1, 0.15) is 18.1 Å². The lowest BCUT2D eigenvalue weighted by Crippen LogP contribution is -1.99. The van der Waals surface area contributed by atoms with Gasteiger partial charge in [-0.3, -0.25) is 0 Å². The van der Waals surface area contributed by atoms with Crippen LogP contribution in [0.3, 0.4) is 0 Å². The van der Waals surface area contributed by atoms with E-state index in [9.17, 15) is 0 Å². The second-order valence-electron chi connectivity index (χ2n) is 4.34. The molecular weight excluding hydrogens is 318 g/mol. The van der Waals surface area contributed by atoms with E-state index >= 15 is 0 Å². The molecule has 0 aliphatic rings. The van der Waals surface area contributed by atoms with Crippen LogP contribution >= 0.6 is 15.9 Å². The maximum Gasteiger partial charge on any atom is 0.124 e. The lowest BCUT2D eigenvalue weighted by atomic mass is 10.1. The van der Waals surface area contributed by atoms with Crippen molar-refractivity contribution in [1.29, 1.82) is 5.26 Å². The van der Waals surface area contributed by atoms with Gasteiger partial charge in [0.25, 0.3) is 0 Å². The van der Waals surface area contributed by atoms with E-state index in [-0.39, 0.29) is 0 Å². The zero-order valence-electron chi connectivity index (χ0n) is 11.3. The van der Waals surface area contributed by atoms with Crippen molar-refractivity contribution in [3.05, 3.63) is 57.6 Å². The normalized spacial score (nSPS) is 9.90. The number of hydrogen-bond donors (Lipinski definition) is 0. The molecule has 4 heteroatoms. The number of hydrogen-bond acceptors (Lipinski definition) is 3. The van der Waals surface area contributed by atoms with Gasteiger partial charge in [-0.2, -0.15) is 5.26 Å². The molecule has 102 valence electrons. The summed E-state index contributed by atoms with van der Waals surface area (Å²) in [5, 5.41) is 8.92. The van der Waals surface area contributed by atoms with Crippen molar-refractivity contribution in [2.24, 2.45) is 0 Å². The zero-order valence-corrected chi connectivity index (χ0v) is 12.9. The van der Waals surface area contributed by atoms with Crippen molar-refractivity contribution >= 4 is 15.9 Å². The fourth-order valence-corrected chi connectivity index (χ4v) is 2.13. The average Bonchev–Trinajstić information content (AvgIpc) is 2.48. The summed E-state index contributed by atoms with van der Waals surface area (Å²) in [6.45, 7) is 2.37. The number of benzene rings is 2. The topological polar surface area (TPSA) is 42.2 Å². The Labute approximate surface area is 126 Å². The van der Waals surface area contributed by atoms with Crippen LogP contribution in [0.1, 0.15) is 16.7 Å². The molecule has 0 radical (unpaired) electrons. The molecule has 0 unspecified atom stereocenters. The van der Waals surface area contributed by atoms with E-state index in [1.54, 1.807) is 19.2 Å². The third-order valence-electron chi connectivity index (χ3n) is 2.95. The zero-order chi connectivity index (χ0) is 14.5. The molecule has 0 heterocycles. The van der Waals surface area contributed by atoms with E-state index in [0.29, 0.717) is 12.2 Å². The van der Waals surface area contributed by atoms with E-state index in [1.165, 1.54) is 0 Å². The Bertz CT molecular complexity index is 662. The van der Waals surface area contributed by atoms with Gasteiger partial charge in [-0.1, -0.05) is 22.0 Å². The first-order valence-electron chi connectivity index (χ1n) is 6.10. The Morgan fingerprint density at radius 3 is 2.70 bits per heavy atom. The summed E-state index contributed by atoms with van der Waals surface area (Å²) in [6.07, 6.45) is 0. The summed E-state index contributed by atoms with van der Waals surface area (Å²) in [6, 6.07) is 13.3. The summed E-state index contributed by atoms with van der Waals surface area (Å²) in [7, 11) is 1.63. The van der Waals surface area contributed by atoms with Gasteiger partial charge in [-0.05, 0) is 42.8 Å². The first kappa shape index (κ1) is 14.4. The molecular formula is C16H14BrNO2. The molecule has 2 aromatic carbocycles. The van der Waals surface area contributed by atoms with E-state index in [4.69, 9.17) is 14.7 Å². The number of halogens is 1. The Balaban J connectivity index is 2.18. The average molecular weight is 332 g/mol. The maximum atomic E-state index is 8.92. The minimum Gasteiger partial charge on any atom is -0.497 e. The third-order valence-corrected chi connectivity index (χ3v) is 3.73. The molecule has 3 nitrogen and oxygen atoms in total. The van der Waals surface area contributed by atoms with E-state index in [1.807, 2.05) is 31.2 Å². The number of ether oxygens (including phenoxy) is 2. The van der Waals surface area contributed by atoms with Crippen LogP contribution in [-0.4, -0.2) is 7.11 Å². The van der Waals surface area contributed by atoms with Gasteiger partial charge in [-0.25, -0.2) is 0 Å². The molecule has 2 rings (SSSR count). The number of nitriles is 1. The van der Waals surface area contributed by atoms with Gasteiger partial charge in [0, 0.05) is 10.0 Å². The van der Waals surface area contributed by atoms with Crippen molar-refractivity contribution in [2.45, 2.75) is 13.5 Å². The molecule has 20 heavy (non-hydrogen) atoms. The first-order valence-corrected chi connectivity index (χ1v) is 6.89. The highest BCUT2D eigenvalue weighted by Gasteiger charge is 2.06. The number of rotatable bonds is 4. The molecule has 0 aliphatic carbocycles. The summed E-state index contributed by atoms with van der Waals surface area (Å²) in [5.74, 6) is 1.51. The molecule has 0 saturated carbocycles. The monoisotopic (exact) mass is 331 g/mol. The van der Waals surface area contributed by atoms with Gasteiger partial charge < -0.3 is 9.47 Å². The van der Waals surface area contributed by atoms with E-state index in [0.717, 1.165) is 27.1 Å². The van der Waals surface area contributed by atoms with Crippen molar-refractivity contribution in [3.8, 4) is 17.6 Å². The quantitative estimate of drug-likeness (QED) is 0.842. The van der Waals surface area contributed by atoms with Crippen molar-refractivity contribution in [3.63, 3.8) is 0 Å². The highest BCUT2D eigenvalue weighted by Crippen LogP contribution is 2.25. The first-order chi connectivity index (χ1) is 9.63. The Kier molecular flexibility index (Phi) is 4.65. The minimum atomic E-state index is 0.410. The standard InChI is InChI=1S/C16H14BrNO2/c1-11-3-4-12(9-18)7-16(11)20-10-13-8-14(19-2)5-6-15(13)17/h3-8H,10H2,1-2H3. The Hall–Kier alpha value is -1.99. The van der Waals surface area contributed by atoms with Gasteiger partial charge in [0.15, 0.2) is 0 Å². The van der Waals surface area contributed by atoms with Crippen molar-refractivity contribution < 1.29 is 9.47 Å². The van der Waals surface area contributed by atoms with Crippen LogP contribution in [0.2, 0.25) is 0 Å². The van der Waals surface area contributed by atoms with Gasteiger partial charge >= 0.3 is 0 Å².